The Labute approximate surface area is 155 Å². The summed E-state index contributed by atoms with van der Waals surface area (Å²) < 4.78 is 1.71. The molecule has 0 aliphatic carbocycles. The molecule has 0 fully saturated rings. The monoisotopic (exact) mass is 374 g/mol. The molecule has 2 aromatic carbocycles. The molecule has 0 bridgehead atoms. The first-order chi connectivity index (χ1) is 12.1. The van der Waals surface area contributed by atoms with Crippen molar-refractivity contribution >= 4 is 29.1 Å². The molecule has 0 spiro atoms. The second-order valence-corrected chi connectivity index (χ2v) is 6.40. The Hall–Kier alpha value is -2.37. The van der Waals surface area contributed by atoms with Gasteiger partial charge in [0.15, 0.2) is 0 Å². The van der Waals surface area contributed by atoms with Crippen molar-refractivity contribution in [2.45, 2.75) is 12.5 Å². The van der Waals surface area contributed by atoms with Crippen LogP contribution >= 0.6 is 23.2 Å². The highest BCUT2D eigenvalue weighted by atomic mass is 35.5. The molecule has 25 heavy (non-hydrogen) atoms. The number of nitrogens with one attached hydrogen (secondary N) is 1. The van der Waals surface area contributed by atoms with Gasteiger partial charge >= 0.3 is 0 Å². The summed E-state index contributed by atoms with van der Waals surface area (Å²) >= 11 is 12.3. The normalized spacial score (nSPS) is 11.9. The number of halogens is 2. The van der Waals surface area contributed by atoms with E-state index in [0.717, 1.165) is 5.56 Å². The number of benzene rings is 2. The summed E-state index contributed by atoms with van der Waals surface area (Å²) in [4.78, 5) is 16.3. The van der Waals surface area contributed by atoms with Crippen LogP contribution in [0.5, 0.6) is 0 Å². The number of amides is 1. The fourth-order valence-electron chi connectivity index (χ4n) is 2.57. The fraction of sp³-hybridized carbons (Fsp3) is 0.167. The summed E-state index contributed by atoms with van der Waals surface area (Å²) in [5.41, 5.74) is 1.51. The van der Waals surface area contributed by atoms with Gasteiger partial charge in [0.05, 0.1) is 6.54 Å². The summed E-state index contributed by atoms with van der Waals surface area (Å²) in [6.45, 7) is 0.950. The summed E-state index contributed by atoms with van der Waals surface area (Å²) in [6, 6.07) is 14.4. The summed E-state index contributed by atoms with van der Waals surface area (Å²) in [5, 5.41) is 8.23. The maximum Gasteiger partial charge on any atom is 0.251 e. The van der Waals surface area contributed by atoms with E-state index in [9.17, 15) is 4.79 Å². The van der Waals surface area contributed by atoms with Gasteiger partial charge in [-0.3, -0.25) is 9.48 Å². The van der Waals surface area contributed by atoms with Crippen molar-refractivity contribution in [1.29, 1.82) is 0 Å². The lowest BCUT2D eigenvalue weighted by atomic mass is 9.98. The Morgan fingerprint density at radius 2 is 1.96 bits per heavy atom. The van der Waals surface area contributed by atoms with Crippen molar-refractivity contribution in [2.24, 2.45) is 0 Å². The zero-order chi connectivity index (χ0) is 17.6. The van der Waals surface area contributed by atoms with E-state index < -0.39 is 0 Å². The van der Waals surface area contributed by atoms with Crippen LogP contribution in [0.1, 0.15) is 21.8 Å². The molecule has 0 saturated heterocycles. The SMILES string of the molecule is O=C(NCC(Cn1cncn1)c1ccc(Cl)cc1Cl)c1ccccc1. The predicted molar refractivity (Wildman–Crippen MR) is 98.0 cm³/mol. The van der Waals surface area contributed by atoms with Gasteiger partial charge in [-0.25, -0.2) is 4.98 Å². The number of carbonyl (C=O) groups is 1. The lowest BCUT2D eigenvalue weighted by Gasteiger charge is -2.19. The van der Waals surface area contributed by atoms with E-state index in [2.05, 4.69) is 15.4 Å². The van der Waals surface area contributed by atoms with Gasteiger partial charge in [0.25, 0.3) is 5.91 Å². The minimum Gasteiger partial charge on any atom is -0.351 e. The molecule has 1 unspecified atom stereocenters. The second-order valence-electron chi connectivity index (χ2n) is 5.56. The molecule has 128 valence electrons. The summed E-state index contributed by atoms with van der Waals surface area (Å²) in [5.74, 6) is -0.201. The number of hydrogen-bond donors (Lipinski definition) is 1. The van der Waals surface area contributed by atoms with Crippen LogP contribution in [-0.4, -0.2) is 27.2 Å². The third-order valence-corrected chi connectivity index (χ3v) is 4.38. The number of aromatic nitrogens is 3. The van der Waals surface area contributed by atoms with Crippen molar-refractivity contribution < 1.29 is 4.79 Å². The molecule has 1 aromatic heterocycles. The standard InChI is InChI=1S/C18H16Cl2N4O/c19-15-6-7-16(17(20)8-15)14(10-24-12-21-11-23-24)9-22-18(25)13-4-2-1-3-5-13/h1-8,11-12,14H,9-10H2,(H,22,25). The lowest BCUT2D eigenvalue weighted by molar-refractivity contribution is 0.0950. The first-order valence-corrected chi connectivity index (χ1v) is 8.49. The highest BCUT2D eigenvalue weighted by molar-refractivity contribution is 6.35. The minimum absolute atomic E-state index is 0.0703. The van der Waals surface area contributed by atoms with Crippen molar-refractivity contribution in [3.63, 3.8) is 0 Å². The van der Waals surface area contributed by atoms with Crippen LogP contribution in [0.25, 0.3) is 0 Å². The molecule has 1 atom stereocenters. The molecule has 0 aliphatic heterocycles. The minimum atomic E-state index is -0.130. The first-order valence-electron chi connectivity index (χ1n) is 7.74. The zero-order valence-electron chi connectivity index (χ0n) is 13.3. The Bertz CT molecular complexity index is 838. The van der Waals surface area contributed by atoms with Gasteiger partial charge in [0, 0.05) is 28.1 Å². The Morgan fingerprint density at radius 3 is 2.64 bits per heavy atom. The van der Waals surface area contributed by atoms with Crippen molar-refractivity contribution in [1.82, 2.24) is 20.1 Å². The van der Waals surface area contributed by atoms with Crippen LogP contribution in [0.2, 0.25) is 10.0 Å². The number of rotatable bonds is 6. The lowest BCUT2D eigenvalue weighted by Crippen LogP contribution is -2.30. The third-order valence-electron chi connectivity index (χ3n) is 3.82. The van der Waals surface area contributed by atoms with E-state index in [4.69, 9.17) is 23.2 Å². The molecule has 3 rings (SSSR count). The van der Waals surface area contributed by atoms with E-state index in [1.165, 1.54) is 6.33 Å². The van der Waals surface area contributed by atoms with Gasteiger partial charge in [-0.15, -0.1) is 0 Å². The van der Waals surface area contributed by atoms with Crippen molar-refractivity contribution in [2.75, 3.05) is 6.54 Å². The van der Waals surface area contributed by atoms with Crippen LogP contribution in [-0.2, 0) is 6.54 Å². The van der Waals surface area contributed by atoms with Crippen LogP contribution in [0.4, 0.5) is 0 Å². The average molecular weight is 375 g/mol. The molecule has 1 N–H and O–H groups in total. The van der Waals surface area contributed by atoms with E-state index in [1.54, 1.807) is 35.3 Å². The maximum atomic E-state index is 12.3. The molecule has 0 saturated carbocycles. The van der Waals surface area contributed by atoms with E-state index in [-0.39, 0.29) is 11.8 Å². The Kier molecular flexibility index (Phi) is 5.68. The van der Waals surface area contributed by atoms with Crippen LogP contribution < -0.4 is 5.32 Å². The zero-order valence-corrected chi connectivity index (χ0v) is 14.8. The average Bonchev–Trinajstić information content (AvgIpc) is 3.12. The van der Waals surface area contributed by atoms with Crippen LogP contribution in [0.15, 0.2) is 61.2 Å². The summed E-state index contributed by atoms with van der Waals surface area (Å²) in [7, 11) is 0. The number of carbonyl (C=O) groups excluding carboxylic acids is 1. The smallest absolute Gasteiger partial charge is 0.251 e. The largest absolute Gasteiger partial charge is 0.351 e. The Morgan fingerprint density at radius 1 is 1.16 bits per heavy atom. The van der Waals surface area contributed by atoms with E-state index in [0.29, 0.717) is 28.7 Å². The topological polar surface area (TPSA) is 59.8 Å². The molecule has 1 amide bonds. The van der Waals surface area contributed by atoms with Crippen LogP contribution in [0.3, 0.4) is 0 Å². The summed E-state index contributed by atoms with van der Waals surface area (Å²) in [6.07, 6.45) is 3.11. The molecule has 0 aliphatic rings. The molecule has 1 heterocycles. The highest BCUT2D eigenvalue weighted by Crippen LogP contribution is 2.28. The first kappa shape index (κ1) is 17.5. The van der Waals surface area contributed by atoms with Gasteiger partial charge in [-0.05, 0) is 29.8 Å². The fourth-order valence-corrected chi connectivity index (χ4v) is 3.13. The van der Waals surface area contributed by atoms with Gasteiger partial charge in [0.1, 0.15) is 12.7 Å². The predicted octanol–water partition coefficient (Wildman–Crippen LogP) is 3.80. The van der Waals surface area contributed by atoms with Gasteiger partial charge in [0.2, 0.25) is 0 Å². The quantitative estimate of drug-likeness (QED) is 0.713. The van der Waals surface area contributed by atoms with E-state index >= 15 is 0 Å². The molecular formula is C18H16Cl2N4O. The maximum absolute atomic E-state index is 12.3. The van der Waals surface area contributed by atoms with Gasteiger partial charge in [-0.1, -0.05) is 47.5 Å². The molecule has 5 nitrogen and oxygen atoms in total. The van der Waals surface area contributed by atoms with Crippen LogP contribution in [0, 0.1) is 0 Å². The second kappa shape index (κ2) is 8.14. The third kappa shape index (κ3) is 4.59. The van der Waals surface area contributed by atoms with Crippen molar-refractivity contribution in [3.8, 4) is 0 Å². The Balaban J connectivity index is 1.77. The number of hydrogen-bond acceptors (Lipinski definition) is 3. The number of nitrogens with zero attached hydrogens (tertiary/aromatic N) is 3. The molecule has 3 aromatic rings. The van der Waals surface area contributed by atoms with Crippen molar-refractivity contribution in [3.05, 3.63) is 82.4 Å². The van der Waals surface area contributed by atoms with Gasteiger partial charge in [-0.2, -0.15) is 5.10 Å². The highest BCUT2D eigenvalue weighted by Gasteiger charge is 2.18. The molecular weight excluding hydrogens is 359 g/mol. The molecule has 0 radical (unpaired) electrons. The van der Waals surface area contributed by atoms with Gasteiger partial charge < -0.3 is 5.32 Å². The van der Waals surface area contributed by atoms with E-state index in [1.807, 2.05) is 24.3 Å². The molecule has 7 heteroatoms.